The maximum atomic E-state index is 10.2. The second kappa shape index (κ2) is 18.9. The van der Waals surface area contributed by atoms with Crippen LogP contribution in [-0.2, 0) is 33.4 Å². The average Bonchev–Trinajstić information content (AvgIpc) is 3.11. The Bertz CT molecular complexity index is 702. The van der Waals surface area contributed by atoms with E-state index in [9.17, 15) is 19.2 Å². The number of rotatable bonds is 5. The predicted octanol–water partition coefficient (Wildman–Crippen LogP) is 4.04. The number of hydrogen-bond acceptors (Lipinski definition) is 7. The van der Waals surface area contributed by atoms with Crippen LogP contribution in [0.5, 0.6) is 0 Å². The van der Waals surface area contributed by atoms with Gasteiger partial charge in [0.25, 0.3) is 0 Å². The van der Waals surface area contributed by atoms with Crippen molar-refractivity contribution in [3.63, 3.8) is 0 Å². The minimum absolute atomic E-state index is 0.182. The molecule has 30 heavy (non-hydrogen) atoms. The molecule has 1 aromatic carbocycles. The summed E-state index contributed by atoms with van der Waals surface area (Å²) in [4.78, 5) is 40.1. The highest BCUT2D eigenvalue weighted by atomic mass is 16.6. The van der Waals surface area contributed by atoms with E-state index < -0.39 is 11.9 Å². The van der Waals surface area contributed by atoms with E-state index in [-0.39, 0.29) is 11.9 Å². The fourth-order valence-corrected chi connectivity index (χ4v) is 1.43. The quantitative estimate of drug-likeness (QED) is 0.234. The van der Waals surface area contributed by atoms with Crippen molar-refractivity contribution in [3.05, 3.63) is 66.8 Å². The summed E-state index contributed by atoms with van der Waals surface area (Å²) in [7, 11) is 1.33. The SMILES string of the molecule is C=C(C)C(=O)OC.C=Cc1ccccc1.CCCCOC(C)=O.O=C1C=CC(=O)O1. The maximum Gasteiger partial charge on any atom is 0.338 e. The first-order chi connectivity index (χ1) is 14.2. The van der Waals surface area contributed by atoms with Gasteiger partial charge in [0, 0.05) is 24.6 Å². The zero-order chi connectivity index (χ0) is 23.4. The summed E-state index contributed by atoms with van der Waals surface area (Å²) in [5.74, 6) is -1.69. The number of methoxy groups -OCH3 is 1. The second-order valence-electron chi connectivity index (χ2n) is 5.65. The Balaban J connectivity index is 0. The van der Waals surface area contributed by atoms with Crippen LogP contribution in [0.4, 0.5) is 0 Å². The molecule has 0 radical (unpaired) electrons. The topological polar surface area (TPSA) is 96.0 Å². The summed E-state index contributed by atoms with van der Waals surface area (Å²) in [6, 6.07) is 10.0. The second-order valence-corrected chi connectivity index (χ2v) is 5.65. The molecule has 0 atom stereocenters. The molecule has 0 fully saturated rings. The molecular formula is C23H30O7. The third kappa shape index (κ3) is 19.3. The van der Waals surface area contributed by atoms with Crippen LogP contribution in [0, 0.1) is 0 Å². The largest absolute Gasteiger partial charge is 0.466 e. The van der Waals surface area contributed by atoms with E-state index in [1.54, 1.807) is 6.92 Å². The zero-order valence-electron chi connectivity index (χ0n) is 18.0. The molecule has 1 aromatic rings. The van der Waals surface area contributed by atoms with Gasteiger partial charge in [0.05, 0.1) is 13.7 Å². The summed E-state index contributed by atoms with van der Waals surface area (Å²) in [5.41, 5.74) is 1.61. The van der Waals surface area contributed by atoms with Crippen LogP contribution in [0.1, 0.15) is 39.2 Å². The van der Waals surface area contributed by atoms with Crippen molar-refractivity contribution in [2.45, 2.75) is 33.6 Å². The molecular weight excluding hydrogens is 388 g/mol. The van der Waals surface area contributed by atoms with Gasteiger partial charge in [0.1, 0.15) is 0 Å². The van der Waals surface area contributed by atoms with Crippen molar-refractivity contribution < 1.29 is 33.4 Å². The van der Waals surface area contributed by atoms with E-state index in [4.69, 9.17) is 0 Å². The Labute approximate surface area is 178 Å². The van der Waals surface area contributed by atoms with Gasteiger partial charge in [-0.05, 0) is 18.9 Å². The first-order valence-electron chi connectivity index (χ1n) is 9.16. The maximum absolute atomic E-state index is 10.2. The number of cyclic esters (lactones) is 2. The smallest absolute Gasteiger partial charge is 0.338 e. The van der Waals surface area contributed by atoms with Crippen LogP contribution >= 0.6 is 0 Å². The molecule has 1 heterocycles. The Kier molecular flexibility index (Phi) is 18.1. The number of carbonyl (C=O) groups excluding carboxylic acids is 4. The minimum Gasteiger partial charge on any atom is -0.466 e. The molecule has 0 saturated carbocycles. The lowest BCUT2D eigenvalue weighted by Crippen LogP contribution is -1.99. The Morgan fingerprint density at radius 1 is 1.07 bits per heavy atom. The number of benzene rings is 1. The summed E-state index contributed by atoms with van der Waals surface area (Å²) < 4.78 is 12.9. The van der Waals surface area contributed by atoms with E-state index in [0.29, 0.717) is 12.2 Å². The predicted molar refractivity (Wildman–Crippen MR) is 115 cm³/mol. The van der Waals surface area contributed by atoms with E-state index >= 15 is 0 Å². The molecule has 0 N–H and O–H groups in total. The van der Waals surface area contributed by atoms with E-state index in [2.05, 4.69) is 34.3 Å². The molecule has 0 amide bonds. The van der Waals surface area contributed by atoms with Gasteiger partial charge < -0.3 is 14.2 Å². The van der Waals surface area contributed by atoms with Crippen LogP contribution in [0.15, 0.2) is 61.2 Å². The van der Waals surface area contributed by atoms with E-state index in [1.807, 2.05) is 36.4 Å². The molecule has 0 unspecified atom stereocenters. The van der Waals surface area contributed by atoms with Gasteiger partial charge in [0.15, 0.2) is 0 Å². The molecule has 0 spiro atoms. The average molecular weight is 418 g/mol. The normalized spacial score (nSPS) is 10.5. The third-order valence-corrected chi connectivity index (χ3v) is 2.93. The molecule has 0 saturated heterocycles. The van der Waals surface area contributed by atoms with Crippen molar-refractivity contribution in [3.8, 4) is 0 Å². The molecule has 0 aromatic heterocycles. The highest BCUT2D eigenvalue weighted by Gasteiger charge is 2.10. The monoisotopic (exact) mass is 418 g/mol. The van der Waals surface area contributed by atoms with Gasteiger partial charge >= 0.3 is 23.9 Å². The van der Waals surface area contributed by atoms with Gasteiger partial charge in [-0.3, -0.25) is 4.79 Å². The van der Waals surface area contributed by atoms with E-state index in [1.165, 1.54) is 19.6 Å². The van der Waals surface area contributed by atoms with Gasteiger partial charge in [-0.2, -0.15) is 0 Å². The number of ether oxygens (including phenoxy) is 3. The summed E-state index contributed by atoms with van der Waals surface area (Å²) in [6.07, 6.45) is 6.05. The van der Waals surface area contributed by atoms with Crippen molar-refractivity contribution in [1.82, 2.24) is 0 Å². The molecule has 0 bridgehead atoms. The van der Waals surface area contributed by atoms with E-state index in [0.717, 1.165) is 25.0 Å². The third-order valence-electron chi connectivity index (χ3n) is 2.93. The number of unbranched alkanes of at least 4 members (excludes halogenated alkanes) is 1. The minimum atomic E-state index is -0.579. The first kappa shape index (κ1) is 28.7. The number of esters is 4. The Hall–Kier alpha value is -3.48. The van der Waals surface area contributed by atoms with Crippen molar-refractivity contribution in [1.29, 1.82) is 0 Å². The summed E-state index contributed by atoms with van der Waals surface area (Å²) in [6.45, 7) is 12.6. The Morgan fingerprint density at radius 3 is 1.83 bits per heavy atom. The molecule has 1 aliphatic rings. The summed E-state index contributed by atoms with van der Waals surface area (Å²) in [5, 5.41) is 0. The van der Waals surface area contributed by atoms with Crippen LogP contribution in [0.2, 0.25) is 0 Å². The highest BCUT2D eigenvalue weighted by molar-refractivity contribution is 6.04. The molecule has 164 valence electrons. The lowest BCUT2D eigenvalue weighted by Gasteiger charge is -1.96. The van der Waals surface area contributed by atoms with Crippen molar-refractivity contribution >= 4 is 30.0 Å². The molecule has 1 aliphatic heterocycles. The fourth-order valence-electron chi connectivity index (χ4n) is 1.43. The molecule has 0 aliphatic carbocycles. The highest BCUT2D eigenvalue weighted by Crippen LogP contribution is 1.97. The van der Waals surface area contributed by atoms with Crippen molar-refractivity contribution in [2.24, 2.45) is 0 Å². The van der Waals surface area contributed by atoms with Gasteiger partial charge in [0.2, 0.25) is 0 Å². The Morgan fingerprint density at radius 2 is 1.60 bits per heavy atom. The van der Waals surface area contributed by atoms with Crippen molar-refractivity contribution in [2.75, 3.05) is 13.7 Å². The molecule has 7 heteroatoms. The van der Waals surface area contributed by atoms with Gasteiger partial charge in [-0.15, -0.1) is 0 Å². The van der Waals surface area contributed by atoms with Crippen LogP contribution in [0.25, 0.3) is 6.08 Å². The van der Waals surface area contributed by atoms with Crippen LogP contribution in [0.3, 0.4) is 0 Å². The lowest BCUT2D eigenvalue weighted by atomic mass is 10.2. The molecule has 7 nitrogen and oxygen atoms in total. The van der Waals surface area contributed by atoms with Gasteiger partial charge in [-0.1, -0.05) is 62.9 Å². The number of carbonyl (C=O) groups is 4. The fraction of sp³-hybridized carbons (Fsp3) is 0.304. The van der Waals surface area contributed by atoms with Gasteiger partial charge in [-0.25, -0.2) is 14.4 Å². The lowest BCUT2D eigenvalue weighted by molar-refractivity contribution is -0.150. The first-order valence-corrected chi connectivity index (χ1v) is 9.16. The molecule has 2 rings (SSSR count). The number of hydrogen-bond donors (Lipinski definition) is 0. The van der Waals surface area contributed by atoms with Crippen LogP contribution in [-0.4, -0.2) is 37.6 Å². The zero-order valence-corrected chi connectivity index (χ0v) is 18.0. The van der Waals surface area contributed by atoms with Crippen LogP contribution < -0.4 is 0 Å². The summed E-state index contributed by atoms with van der Waals surface area (Å²) >= 11 is 0. The standard InChI is InChI=1S/C8H8.C6H12O2.C5H8O2.C4H2O3/c1-2-8-6-4-3-5-7-8;1-3-4-5-8-6(2)7;1-4(2)5(6)7-3;5-3-1-2-4(6)7-3/h2-7H,1H2;3-5H2,1-2H3;1H2,2-3H3;1-2H.